The van der Waals surface area contributed by atoms with Gasteiger partial charge in [-0.2, -0.15) is 4.79 Å². The van der Waals surface area contributed by atoms with Crippen molar-refractivity contribution in [2.75, 3.05) is 0 Å². The zero-order valence-corrected chi connectivity index (χ0v) is 10.8. The van der Waals surface area contributed by atoms with Crippen LogP contribution in [0.25, 0.3) is 32.9 Å². The van der Waals surface area contributed by atoms with E-state index < -0.39 is 0 Å². The minimum Gasteiger partial charge on any atom is -0.179 e. The molecule has 0 aliphatic heterocycles. The number of aromatic nitrogens is 1. The summed E-state index contributed by atoms with van der Waals surface area (Å²) < 4.78 is 14.3. The molecule has 0 radical (unpaired) electrons. The number of hydrogen-bond donors (Lipinski definition) is 0. The fourth-order valence-corrected chi connectivity index (χ4v) is 2.74. The van der Waals surface area contributed by atoms with E-state index in [1.54, 1.807) is 6.07 Å². The van der Waals surface area contributed by atoms with Crippen LogP contribution in [0.4, 0.5) is 4.48 Å². The lowest BCUT2D eigenvalue weighted by Crippen LogP contribution is -1.81. The predicted octanol–water partition coefficient (Wildman–Crippen LogP) is 5.19. The molecule has 20 heavy (non-hydrogen) atoms. The zero-order valence-electron chi connectivity index (χ0n) is 10.8. The maximum Gasteiger partial charge on any atom is 0.0826 e. The molecule has 0 saturated heterocycles. The SMILES string of the molecule is Fn1c2ccccc2c2cc(-c3ccccc3)ccc21. The molecule has 4 rings (SSSR count). The highest BCUT2D eigenvalue weighted by Crippen LogP contribution is 2.32. The van der Waals surface area contributed by atoms with Crippen molar-refractivity contribution in [3.8, 4) is 11.1 Å². The Morgan fingerprint density at radius 1 is 0.600 bits per heavy atom. The Hall–Kier alpha value is -2.61. The van der Waals surface area contributed by atoms with Crippen molar-refractivity contribution in [1.82, 2.24) is 4.79 Å². The summed E-state index contributed by atoms with van der Waals surface area (Å²) in [6.45, 7) is 0. The highest BCUT2D eigenvalue weighted by atomic mass is 19.2. The zero-order chi connectivity index (χ0) is 13.5. The van der Waals surface area contributed by atoms with Gasteiger partial charge >= 0.3 is 0 Å². The normalized spacial score (nSPS) is 11.2. The van der Waals surface area contributed by atoms with E-state index in [0.717, 1.165) is 26.7 Å². The molecule has 2 heteroatoms. The Morgan fingerprint density at radius 3 is 2.15 bits per heavy atom. The maximum atomic E-state index is 14.3. The summed E-state index contributed by atoms with van der Waals surface area (Å²) in [6.07, 6.45) is 0. The van der Waals surface area contributed by atoms with E-state index in [2.05, 4.69) is 18.2 Å². The van der Waals surface area contributed by atoms with Crippen molar-refractivity contribution in [2.45, 2.75) is 0 Å². The fraction of sp³-hybridized carbons (Fsp3) is 0. The molecule has 0 bridgehead atoms. The monoisotopic (exact) mass is 261 g/mol. The van der Waals surface area contributed by atoms with Gasteiger partial charge in [0.25, 0.3) is 0 Å². The van der Waals surface area contributed by atoms with Crippen LogP contribution in [0.2, 0.25) is 0 Å². The largest absolute Gasteiger partial charge is 0.179 e. The molecule has 0 amide bonds. The topological polar surface area (TPSA) is 4.93 Å². The first-order valence-corrected chi connectivity index (χ1v) is 6.59. The van der Waals surface area contributed by atoms with Gasteiger partial charge in [0.2, 0.25) is 0 Å². The Morgan fingerprint density at radius 2 is 1.30 bits per heavy atom. The van der Waals surface area contributed by atoms with Crippen molar-refractivity contribution >= 4 is 21.8 Å². The Labute approximate surface area is 115 Å². The molecule has 4 aromatic rings. The molecule has 96 valence electrons. The van der Waals surface area contributed by atoms with E-state index in [-0.39, 0.29) is 0 Å². The van der Waals surface area contributed by atoms with Gasteiger partial charge in [-0.3, -0.25) is 0 Å². The van der Waals surface area contributed by atoms with E-state index in [4.69, 9.17) is 0 Å². The Bertz CT molecular complexity index is 907. The van der Waals surface area contributed by atoms with Gasteiger partial charge in [-0.15, -0.1) is 0 Å². The van der Waals surface area contributed by atoms with Crippen molar-refractivity contribution in [1.29, 1.82) is 0 Å². The Kier molecular flexibility index (Phi) is 2.36. The molecule has 3 aromatic carbocycles. The number of halogens is 1. The molecule has 0 atom stereocenters. The summed E-state index contributed by atoms with van der Waals surface area (Å²) in [4.78, 5) is 0.763. The van der Waals surface area contributed by atoms with Crippen LogP contribution in [-0.2, 0) is 0 Å². The number of fused-ring (bicyclic) bond motifs is 3. The number of para-hydroxylation sites is 1. The average Bonchev–Trinajstić information content (AvgIpc) is 2.81. The van der Waals surface area contributed by atoms with Crippen LogP contribution >= 0.6 is 0 Å². The Balaban J connectivity index is 2.07. The molecule has 0 aliphatic rings. The van der Waals surface area contributed by atoms with Gasteiger partial charge in [-0.25, -0.2) is 0 Å². The molecule has 0 N–H and O–H groups in total. The van der Waals surface area contributed by atoms with Gasteiger partial charge < -0.3 is 0 Å². The molecule has 0 unspecified atom stereocenters. The number of nitrogens with zero attached hydrogens (tertiary/aromatic N) is 1. The van der Waals surface area contributed by atoms with Crippen molar-refractivity contribution in [2.24, 2.45) is 0 Å². The first-order chi connectivity index (χ1) is 9.84. The molecule has 1 nitrogen and oxygen atoms in total. The molecular formula is C18H12FN. The predicted molar refractivity (Wildman–Crippen MR) is 81.4 cm³/mol. The number of hydrogen-bond acceptors (Lipinski definition) is 0. The third-order valence-electron chi connectivity index (χ3n) is 3.72. The molecule has 0 saturated carbocycles. The van der Waals surface area contributed by atoms with E-state index in [1.165, 1.54) is 0 Å². The molecule has 0 aliphatic carbocycles. The second-order valence-corrected chi connectivity index (χ2v) is 4.90. The summed E-state index contributed by atoms with van der Waals surface area (Å²) in [6, 6.07) is 23.6. The van der Waals surface area contributed by atoms with Gasteiger partial charge in [0.1, 0.15) is 0 Å². The average molecular weight is 261 g/mol. The smallest absolute Gasteiger partial charge is 0.0826 e. The van der Waals surface area contributed by atoms with Crippen LogP contribution in [-0.4, -0.2) is 4.79 Å². The van der Waals surface area contributed by atoms with Crippen LogP contribution in [0.5, 0.6) is 0 Å². The quantitative estimate of drug-likeness (QED) is 0.444. The van der Waals surface area contributed by atoms with Gasteiger partial charge in [-0.05, 0) is 29.3 Å². The van der Waals surface area contributed by atoms with Gasteiger partial charge in [0.15, 0.2) is 0 Å². The second-order valence-electron chi connectivity index (χ2n) is 4.90. The lowest BCUT2D eigenvalue weighted by atomic mass is 10.0. The molecular weight excluding hydrogens is 249 g/mol. The number of benzene rings is 3. The fourth-order valence-electron chi connectivity index (χ4n) is 2.74. The maximum absolute atomic E-state index is 14.3. The summed E-state index contributed by atoms with van der Waals surface area (Å²) in [5.41, 5.74) is 3.48. The molecule has 1 heterocycles. The first kappa shape index (κ1) is 11.2. The van der Waals surface area contributed by atoms with Crippen molar-refractivity contribution < 1.29 is 4.48 Å². The van der Waals surface area contributed by atoms with Crippen LogP contribution in [0.15, 0.2) is 72.8 Å². The lowest BCUT2D eigenvalue weighted by Gasteiger charge is -2.01. The minimum atomic E-state index is 0.617. The van der Waals surface area contributed by atoms with Crippen LogP contribution in [0.3, 0.4) is 0 Å². The summed E-state index contributed by atoms with van der Waals surface area (Å²) in [7, 11) is 0. The third-order valence-corrected chi connectivity index (χ3v) is 3.72. The number of rotatable bonds is 1. The summed E-state index contributed by atoms with van der Waals surface area (Å²) >= 11 is 0. The molecule has 1 aromatic heterocycles. The molecule has 0 spiro atoms. The summed E-state index contributed by atoms with van der Waals surface area (Å²) in [5, 5.41) is 1.90. The van der Waals surface area contributed by atoms with Gasteiger partial charge in [-0.1, -0.05) is 59.1 Å². The van der Waals surface area contributed by atoms with E-state index in [1.807, 2.05) is 48.5 Å². The lowest BCUT2D eigenvalue weighted by molar-refractivity contribution is 0.405. The highest BCUT2D eigenvalue weighted by molar-refractivity contribution is 6.08. The van der Waals surface area contributed by atoms with E-state index in [0.29, 0.717) is 11.0 Å². The van der Waals surface area contributed by atoms with Crippen LogP contribution in [0, 0.1) is 0 Å². The van der Waals surface area contributed by atoms with Crippen molar-refractivity contribution in [3.05, 3.63) is 72.8 Å². The van der Waals surface area contributed by atoms with Gasteiger partial charge in [0, 0.05) is 10.8 Å². The minimum absolute atomic E-state index is 0.617. The standard InChI is InChI=1S/C18H12FN/c19-20-17-9-5-4-8-15(17)16-12-14(10-11-18(16)20)13-6-2-1-3-7-13/h1-12H. The summed E-state index contributed by atoms with van der Waals surface area (Å²) in [5.74, 6) is 0. The van der Waals surface area contributed by atoms with Crippen molar-refractivity contribution in [3.63, 3.8) is 0 Å². The van der Waals surface area contributed by atoms with Gasteiger partial charge in [0.05, 0.1) is 11.0 Å². The second kappa shape index (κ2) is 4.20. The third kappa shape index (κ3) is 1.55. The van der Waals surface area contributed by atoms with E-state index >= 15 is 0 Å². The van der Waals surface area contributed by atoms with E-state index in [9.17, 15) is 4.48 Å². The van der Waals surface area contributed by atoms with Crippen LogP contribution in [0.1, 0.15) is 0 Å². The van der Waals surface area contributed by atoms with Crippen LogP contribution < -0.4 is 0 Å². The molecule has 0 fully saturated rings. The first-order valence-electron chi connectivity index (χ1n) is 6.59. The highest BCUT2D eigenvalue weighted by Gasteiger charge is 2.10.